The van der Waals surface area contributed by atoms with Crippen LogP contribution < -0.4 is 4.72 Å². The van der Waals surface area contributed by atoms with Gasteiger partial charge in [0.2, 0.25) is 10.0 Å². The smallest absolute Gasteiger partial charge is 0.321 e. The lowest BCUT2D eigenvalue weighted by Gasteiger charge is -2.22. The molecule has 2 N–H and O–H groups in total. The molecule has 1 atom stereocenters. The van der Waals surface area contributed by atoms with Crippen LogP contribution in [0.15, 0.2) is 0 Å². The molecule has 0 aliphatic carbocycles. The molecule has 0 amide bonds. The Kier molecular flexibility index (Phi) is 6.63. The van der Waals surface area contributed by atoms with Crippen molar-refractivity contribution in [2.45, 2.75) is 50.8 Å². The second-order valence-corrected chi connectivity index (χ2v) is 9.92. The van der Waals surface area contributed by atoms with Crippen molar-refractivity contribution in [3.05, 3.63) is 0 Å². The van der Waals surface area contributed by atoms with Crippen LogP contribution in [0.25, 0.3) is 0 Å². The Bertz CT molecular complexity index is 535. The molecule has 0 fully saturated rings. The van der Waals surface area contributed by atoms with E-state index in [9.17, 15) is 21.6 Å². The van der Waals surface area contributed by atoms with Gasteiger partial charge in [0.25, 0.3) is 0 Å². The van der Waals surface area contributed by atoms with Gasteiger partial charge in [-0.05, 0) is 26.7 Å². The maximum atomic E-state index is 11.8. The van der Waals surface area contributed by atoms with E-state index in [0.29, 0.717) is 6.42 Å². The van der Waals surface area contributed by atoms with Crippen LogP contribution in [0.1, 0.15) is 40.0 Å². The molecule has 0 saturated heterocycles. The van der Waals surface area contributed by atoms with Crippen LogP contribution >= 0.6 is 0 Å². The van der Waals surface area contributed by atoms with E-state index in [1.54, 1.807) is 6.92 Å². The highest BCUT2D eigenvalue weighted by Crippen LogP contribution is 2.20. The maximum Gasteiger partial charge on any atom is 0.321 e. The fraction of sp³-hybridized carbons (Fsp3) is 0.909. The molecule has 0 aromatic rings. The summed E-state index contributed by atoms with van der Waals surface area (Å²) in [6, 6.07) is -1.17. The first-order valence-electron chi connectivity index (χ1n) is 6.25. The normalized spacial score (nSPS) is 15.0. The van der Waals surface area contributed by atoms with E-state index in [4.69, 9.17) is 5.11 Å². The van der Waals surface area contributed by atoms with E-state index in [1.807, 2.05) is 0 Å². The second-order valence-electron chi connectivity index (χ2n) is 5.40. The lowest BCUT2D eigenvalue weighted by Crippen LogP contribution is -2.43. The zero-order valence-corrected chi connectivity index (χ0v) is 13.8. The molecule has 7 nitrogen and oxygen atoms in total. The highest BCUT2D eigenvalue weighted by Gasteiger charge is 2.32. The van der Waals surface area contributed by atoms with Crippen LogP contribution in [-0.2, 0) is 24.7 Å². The zero-order valence-electron chi connectivity index (χ0n) is 12.2. The molecule has 0 heterocycles. The Balaban J connectivity index is 4.81. The van der Waals surface area contributed by atoms with Gasteiger partial charge in [0.05, 0.1) is 10.5 Å². The highest BCUT2D eigenvalue weighted by atomic mass is 32.2. The van der Waals surface area contributed by atoms with Crippen molar-refractivity contribution in [3.8, 4) is 0 Å². The predicted octanol–water partition coefficient (Wildman–Crippen LogP) is 0.372. The van der Waals surface area contributed by atoms with Gasteiger partial charge in [0.1, 0.15) is 6.04 Å². The van der Waals surface area contributed by atoms with Crippen LogP contribution in [0.4, 0.5) is 0 Å². The summed E-state index contributed by atoms with van der Waals surface area (Å²) >= 11 is 0. The van der Waals surface area contributed by atoms with E-state index in [-0.39, 0.29) is 12.8 Å². The SMILES string of the molecule is CCCC(NS(=O)(=O)CCC(C)(C)S(C)(=O)=O)C(=O)O. The van der Waals surface area contributed by atoms with E-state index >= 15 is 0 Å². The average Bonchev–Trinajstić information content (AvgIpc) is 2.24. The topological polar surface area (TPSA) is 118 Å². The van der Waals surface area contributed by atoms with Crippen LogP contribution in [0.3, 0.4) is 0 Å². The number of rotatable bonds is 9. The van der Waals surface area contributed by atoms with E-state index in [0.717, 1.165) is 6.26 Å². The van der Waals surface area contributed by atoms with Gasteiger partial charge in [0.15, 0.2) is 9.84 Å². The van der Waals surface area contributed by atoms with Gasteiger partial charge in [0, 0.05) is 6.26 Å². The summed E-state index contributed by atoms with van der Waals surface area (Å²) in [4.78, 5) is 10.9. The number of sulfone groups is 1. The molecule has 9 heteroatoms. The van der Waals surface area contributed by atoms with E-state index in [1.165, 1.54) is 13.8 Å². The van der Waals surface area contributed by atoms with Gasteiger partial charge >= 0.3 is 5.97 Å². The number of sulfonamides is 1. The molecular weight excluding hydrogens is 306 g/mol. The second kappa shape index (κ2) is 6.86. The first-order valence-corrected chi connectivity index (χ1v) is 9.79. The number of carboxylic acids is 1. The Morgan fingerprint density at radius 3 is 2.10 bits per heavy atom. The van der Waals surface area contributed by atoms with Crippen molar-refractivity contribution in [1.29, 1.82) is 0 Å². The molecule has 0 rings (SSSR count). The number of carbonyl (C=O) groups is 1. The monoisotopic (exact) mass is 329 g/mol. The number of hydrogen-bond acceptors (Lipinski definition) is 5. The Morgan fingerprint density at radius 2 is 1.75 bits per heavy atom. The van der Waals surface area contributed by atoms with Gasteiger partial charge in [-0.15, -0.1) is 0 Å². The first kappa shape index (κ1) is 19.3. The van der Waals surface area contributed by atoms with Crippen molar-refractivity contribution >= 4 is 25.8 Å². The molecule has 0 aromatic heterocycles. The maximum absolute atomic E-state index is 11.8. The van der Waals surface area contributed by atoms with Crippen molar-refractivity contribution in [2.24, 2.45) is 0 Å². The van der Waals surface area contributed by atoms with Crippen molar-refractivity contribution in [1.82, 2.24) is 4.72 Å². The highest BCUT2D eigenvalue weighted by molar-refractivity contribution is 7.92. The average molecular weight is 329 g/mol. The summed E-state index contributed by atoms with van der Waals surface area (Å²) in [6.45, 7) is 4.63. The first-order chi connectivity index (χ1) is 8.82. The number of hydrogen-bond donors (Lipinski definition) is 2. The molecule has 0 radical (unpaired) electrons. The standard InChI is InChI=1S/C11H23NO6S2/c1-5-6-9(10(13)14)12-20(17,18)8-7-11(2,3)19(4,15)16/h9,12H,5-8H2,1-4H3,(H,13,14). The summed E-state index contributed by atoms with van der Waals surface area (Å²) in [5.74, 6) is -1.67. The Hall–Kier alpha value is -0.670. The summed E-state index contributed by atoms with van der Waals surface area (Å²) in [5.41, 5.74) is 0. The molecule has 20 heavy (non-hydrogen) atoms. The number of nitrogens with one attached hydrogen (secondary N) is 1. The number of carboxylic acid groups (broad SMARTS) is 1. The third kappa shape index (κ3) is 6.19. The minimum atomic E-state index is -3.84. The van der Waals surface area contributed by atoms with Gasteiger partial charge in [-0.3, -0.25) is 4.79 Å². The quantitative estimate of drug-likeness (QED) is 0.631. The molecule has 0 aliphatic heterocycles. The van der Waals surface area contributed by atoms with Crippen molar-refractivity contribution in [3.63, 3.8) is 0 Å². The lowest BCUT2D eigenvalue weighted by atomic mass is 10.1. The Morgan fingerprint density at radius 1 is 1.25 bits per heavy atom. The third-order valence-electron chi connectivity index (χ3n) is 3.17. The van der Waals surface area contributed by atoms with Crippen LogP contribution in [0, 0.1) is 0 Å². The van der Waals surface area contributed by atoms with Gasteiger partial charge in [-0.1, -0.05) is 13.3 Å². The van der Waals surface area contributed by atoms with Crippen molar-refractivity contribution in [2.75, 3.05) is 12.0 Å². The molecule has 120 valence electrons. The number of aliphatic carboxylic acids is 1. The molecule has 1 unspecified atom stereocenters. The molecule has 0 saturated carbocycles. The van der Waals surface area contributed by atoms with Gasteiger partial charge in [-0.2, -0.15) is 0 Å². The summed E-state index contributed by atoms with van der Waals surface area (Å²) in [7, 11) is -7.23. The van der Waals surface area contributed by atoms with Crippen LogP contribution in [-0.4, -0.2) is 50.7 Å². The van der Waals surface area contributed by atoms with Crippen molar-refractivity contribution < 1.29 is 26.7 Å². The Labute approximate surface area is 120 Å². The molecular formula is C11H23NO6S2. The molecule has 0 bridgehead atoms. The molecule has 0 aliphatic rings. The fourth-order valence-corrected chi connectivity index (χ4v) is 3.51. The molecule has 0 aromatic carbocycles. The van der Waals surface area contributed by atoms with Crippen LogP contribution in [0.2, 0.25) is 0 Å². The largest absolute Gasteiger partial charge is 0.480 e. The van der Waals surface area contributed by atoms with Gasteiger partial charge < -0.3 is 5.11 Å². The summed E-state index contributed by atoms with van der Waals surface area (Å²) in [5, 5.41) is 8.90. The van der Waals surface area contributed by atoms with Gasteiger partial charge in [-0.25, -0.2) is 21.6 Å². The molecule has 0 spiro atoms. The van der Waals surface area contributed by atoms with E-state index < -0.39 is 42.4 Å². The summed E-state index contributed by atoms with van der Waals surface area (Å²) in [6.07, 6.45) is 1.65. The fourth-order valence-electron chi connectivity index (χ4n) is 1.36. The summed E-state index contributed by atoms with van der Waals surface area (Å²) < 4.78 is 47.6. The minimum absolute atomic E-state index is 0.0976. The minimum Gasteiger partial charge on any atom is -0.480 e. The zero-order chi connectivity index (χ0) is 16.2. The lowest BCUT2D eigenvalue weighted by molar-refractivity contribution is -0.139. The van der Waals surface area contributed by atoms with Crippen LogP contribution in [0.5, 0.6) is 0 Å². The van der Waals surface area contributed by atoms with E-state index in [2.05, 4.69) is 4.72 Å². The predicted molar refractivity (Wildman–Crippen MR) is 76.8 cm³/mol. The third-order valence-corrected chi connectivity index (χ3v) is 6.77.